The first kappa shape index (κ1) is 17.2. The van der Waals surface area contributed by atoms with Gasteiger partial charge < -0.3 is 10.3 Å². The number of amides is 1. The van der Waals surface area contributed by atoms with Crippen molar-refractivity contribution in [1.82, 2.24) is 14.8 Å². The van der Waals surface area contributed by atoms with Crippen molar-refractivity contribution in [1.29, 1.82) is 0 Å². The molecule has 0 aliphatic rings. The molecule has 128 valence electrons. The Balaban J connectivity index is 1.80. The first-order valence-corrected chi connectivity index (χ1v) is 8.65. The van der Waals surface area contributed by atoms with Gasteiger partial charge in [0, 0.05) is 27.9 Å². The molecule has 0 unspecified atom stereocenters. The molecule has 0 aliphatic heterocycles. The van der Waals surface area contributed by atoms with Crippen LogP contribution in [-0.2, 0) is 13.0 Å². The van der Waals surface area contributed by atoms with Gasteiger partial charge in [-0.25, -0.2) is 4.68 Å². The van der Waals surface area contributed by atoms with Gasteiger partial charge >= 0.3 is 0 Å². The fraction of sp³-hybridized carbons (Fsp3) is 0.167. The summed E-state index contributed by atoms with van der Waals surface area (Å²) in [6.45, 7) is 2.44. The summed E-state index contributed by atoms with van der Waals surface area (Å²) in [6.07, 6.45) is 2.28. The highest BCUT2D eigenvalue weighted by molar-refractivity contribution is 9.10. The molecular formula is C18H17BrN4O2. The van der Waals surface area contributed by atoms with Gasteiger partial charge in [0.05, 0.1) is 12.7 Å². The number of aromatic amines is 1. The molecular weight excluding hydrogens is 384 g/mol. The molecule has 0 aliphatic carbocycles. The third-order valence-electron chi connectivity index (χ3n) is 3.72. The van der Waals surface area contributed by atoms with Gasteiger partial charge in [-0.05, 0) is 30.2 Å². The van der Waals surface area contributed by atoms with Crippen LogP contribution < -0.4 is 10.9 Å². The number of nitrogens with zero attached hydrogens (tertiary/aromatic N) is 2. The van der Waals surface area contributed by atoms with Crippen molar-refractivity contribution < 1.29 is 4.79 Å². The smallest absolute Gasteiger partial charge is 0.257 e. The molecule has 1 amide bonds. The summed E-state index contributed by atoms with van der Waals surface area (Å²) >= 11 is 3.44. The molecule has 0 bridgehead atoms. The van der Waals surface area contributed by atoms with Gasteiger partial charge in [-0.1, -0.05) is 35.0 Å². The van der Waals surface area contributed by atoms with Crippen LogP contribution in [0.4, 0.5) is 5.82 Å². The van der Waals surface area contributed by atoms with Crippen LogP contribution in [-0.4, -0.2) is 20.7 Å². The summed E-state index contributed by atoms with van der Waals surface area (Å²) in [5, 5.41) is 7.08. The molecule has 0 spiro atoms. The highest BCUT2D eigenvalue weighted by atomic mass is 79.9. The van der Waals surface area contributed by atoms with E-state index in [2.05, 4.69) is 31.3 Å². The molecule has 2 aromatic heterocycles. The van der Waals surface area contributed by atoms with Crippen LogP contribution in [0, 0.1) is 0 Å². The number of nitrogens with one attached hydrogen (secondary N) is 2. The molecule has 0 saturated carbocycles. The molecule has 6 nitrogen and oxygen atoms in total. The number of hydrogen-bond acceptors (Lipinski definition) is 3. The summed E-state index contributed by atoms with van der Waals surface area (Å²) < 4.78 is 2.69. The lowest BCUT2D eigenvalue weighted by Gasteiger charge is -2.10. The normalized spacial score (nSPS) is 10.6. The van der Waals surface area contributed by atoms with Crippen LogP contribution in [0.5, 0.6) is 0 Å². The molecule has 2 heterocycles. The maximum absolute atomic E-state index is 12.5. The third kappa shape index (κ3) is 4.24. The summed E-state index contributed by atoms with van der Waals surface area (Å²) in [7, 11) is 0. The Morgan fingerprint density at radius 3 is 2.88 bits per heavy atom. The lowest BCUT2D eigenvalue weighted by Crippen LogP contribution is -2.19. The number of hydrogen-bond donors (Lipinski definition) is 2. The predicted octanol–water partition coefficient (Wildman–Crippen LogP) is 3.20. The minimum absolute atomic E-state index is 0.285. The number of rotatable bonds is 5. The van der Waals surface area contributed by atoms with E-state index in [1.165, 1.54) is 6.07 Å². The average Bonchev–Trinajstić information content (AvgIpc) is 3.01. The molecule has 25 heavy (non-hydrogen) atoms. The van der Waals surface area contributed by atoms with E-state index < -0.39 is 0 Å². The second-order valence-electron chi connectivity index (χ2n) is 5.57. The SMILES string of the molecule is CCc1cc(C(=O)Nc2ccnn2Cc2cccc(Br)c2)cc(=O)[nH]1. The second-order valence-corrected chi connectivity index (χ2v) is 6.49. The number of aromatic nitrogens is 3. The van der Waals surface area contributed by atoms with Crippen molar-refractivity contribution in [3.05, 3.63) is 80.3 Å². The first-order chi connectivity index (χ1) is 12.0. The van der Waals surface area contributed by atoms with Gasteiger partial charge in [-0.2, -0.15) is 5.10 Å². The van der Waals surface area contributed by atoms with E-state index in [0.717, 1.165) is 15.7 Å². The lowest BCUT2D eigenvalue weighted by atomic mass is 10.2. The van der Waals surface area contributed by atoms with Gasteiger partial charge in [0.2, 0.25) is 5.56 Å². The van der Waals surface area contributed by atoms with E-state index in [1.54, 1.807) is 23.0 Å². The molecule has 3 aromatic rings. The molecule has 1 aromatic carbocycles. The summed E-state index contributed by atoms with van der Waals surface area (Å²) in [5.74, 6) is 0.236. The number of carbonyl (C=O) groups excluding carboxylic acids is 1. The summed E-state index contributed by atoms with van der Waals surface area (Å²) in [5.41, 5.74) is 1.82. The number of pyridine rings is 1. The molecule has 2 N–H and O–H groups in total. The van der Waals surface area contributed by atoms with Crippen molar-refractivity contribution >= 4 is 27.7 Å². The molecule has 0 radical (unpaired) electrons. The van der Waals surface area contributed by atoms with Gasteiger partial charge in [0.15, 0.2) is 0 Å². The fourth-order valence-electron chi connectivity index (χ4n) is 2.48. The highest BCUT2D eigenvalue weighted by Crippen LogP contribution is 2.15. The number of carbonyl (C=O) groups is 1. The Kier molecular flexibility index (Phi) is 5.14. The van der Waals surface area contributed by atoms with E-state index in [1.807, 2.05) is 31.2 Å². The van der Waals surface area contributed by atoms with Crippen LogP contribution in [0.15, 0.2) is 57.9 Å². The topological polar surface area (TPSA) is 79.8 Å². The minimum atomic E-state index is -0.336. The Labute approximate surface area is 153 Å². The molecule has 7 heteroatoms. The van der Waals surface area contributed by atoms with Crippen LogP contribution in [0.25, 0.3) is 0 Å². The molecule has 0 fully saturated rings. The van der Waals surface area contributed by atoms with Crippen molar-refractivity contribution in [2.24, 2.45) is 0 Å². The maximum atomic E-state index is 12.5. The Hall–Kier alpha value is -2.67. The molecule has 0 saturated heterocycles. The van der Waals surface area contributed by atoms with Crippen molar-refractivity contribution in [2.75, 3.05) is 5.32 Å². The molecule has 3 rings (SSSR count). The quantitative estimate of drug-likeness (QED) is 0.689. The van der Waals surface area contributed by atoms with E-state index in [-0.39, 0.29) is 11.5 Å². The highest BCUT2D eigenvalue weighted by Gasteiger charge is 2.11. The van der Waals surface area contributed by atoms with Crippen molar-refractivity contribution in [3.8, 4) is 0 Å². The lowest BCUT2D eigenvalue weighted by molar-refractivity contribution is 0.102. The van der Waals surface area contributed by atoms with Gasteiger partial charge in [0.25, 0.3) is 5.91 Å². The Bertz CT molecular complexity index is 961. The number of halogens is 1. The van der Waals surface area contributed by atoms with Crippen molar-refractivity contribution in [3.63, 3.8) is 0 Å². The zero-order valence-corrected chi connectivity index (χ0v) is 15.2. The van der Waals surface area contributed by atoms with Crippen LogP contribution >= 0.6 is 15.9 Å². The fourth-order valence-corrected chi connectivity index (χ4v) is 2.93. The third-order valence-corrected chi connectivity index (χ3v) is 4.22. The zero-order chi connectivity index (χ0) is 17.8. The Morgan fingerprint density at radius 1 is 1.28 bits per heavy atom. The number of aryl methyl sites for hydroxylation is 1. The van der Waals surface area contributed by atoms with Gasteiger partial charge in [-0.3, -0.25) is 9.59 Å². The van der Waals surface area contributed by atoms with E-state index in [0.29, 0.717) is 24.3 Å². The standard InChI is InChI=1S/C18H17BrN4O2/c1-2-15-9-13(10-17(24)21-15)18(25)22-16-6-7-20-23(16)11-12-4-3-5-14(19)8-12/h3-10H,2,11H2,1H3,(H,21,24)(H,22,25). The first-order valence-electron chi connectivity index (χ1n) is 7.86. The number of benzene rings is 1. The summed E-state index contributed by atoms with van der Waals surface area (Å²) in [4.78, 5) is 26.8. The maximum Gasteiger partial charge on any atom is 0.257 e. The summed E-state index contributed by atoms with van der Waals surface area (Å²) in [6, 6.07) is 12.6. The number of H-pyrrole nitrogens is 1. The van der Waals surface area contributed by atoms with Crippen LogP contribution in [0.2, 0.25) is 0 Å². The number of anilines is 1. The second kappa shape index (κ2) is 7.48. The Morgan fingerprint density at radius 2 is 2.12 bits per heavy atom. The van der Waals surface area contributed by atoms with Crippen LogP contribution in [0.3, 0.4) is 0 Å². The largest absolute Gasteiger partial charge is 0.326 e. The van der Waals surface area contributed by atoms with E-state index in [9.17, 15) is 9.59 Å². The van der Waals surface area contributed by atoms with E-state index in [4.69, 9.17) is 0 Å². The van der Waals surface area contributed by atoms with Gasteiger partial charge in [0.1, 0.15) is 5.82 Å². The average molecular weight is 401 g/mol. The predicted molar refractivity (Wildman–Crippen MR) is 99.9 cm³/mol. The van der Waals surface area contributed by atoms with Gasteiger partial charge in [-0.15, -0.1) is 0 Å². The van der Waals surface area contributed by atoms with Crippen LogP contribution in [0.1, 0.15) is 28.5 Å². The molecule has 0 atom stereocenters. The van der Waals surface area contributed by atoms with E-state index >= 15 is 0 Å². The monoisotopic (exact) mass is 400 g/mol. The zero-order valence-electron chi connectivity index (χ0n) is 13.6. The minimum Gasteiger partial charge on any atom is -0.326 e. The van der Waals surface area contributed by atoms with Crippen molar-refractivity contribution in [2.45, 2.75) is 19.9 Å².